The fourth-order valence-corrected chi connectivity index (χ4v) is 5.67. The van der Waals surface area contributed by atoms with Gasteiger partial charge in [0.1, 0.15) is 11.8 Å². The molecule has 0 spiro atoms. The third-order valence-electron chi connectivity index (χ3n) is 5.18. The predicted octanol–water partition coefficient (Wildman–Crippen LogP) is -0.333. The highest BCUT2D eigenvalue weighted by molar-refractivity contribution is 7.88. The molecule has 2 fully saturated rings. The van der Waals surface area contributed by atoms with E-state index >= 15 is 0 Å². The number of pyridine rings is 1. The third kappa shape index (κ3) is 4.22. The number of hydrogen-bond donors (Lipinski definition) is 1. The van der Waals surface area contributed by atoms with Gasteiger partial charge >= 0.3 is 0 Å². The lowest BCUT2D eigenvalue weighted by molar-refractivity contribution is -0.137. The van der Waals surface area contributed by atoms with Gasteiger partial charge in [0.2, 0.25) is 21.8 Å². The largest absolute Gasteiger partial charge is 0.370 e. The summed E-state index contributed by atoms with van der Waals surface area (Å²) in [6, 6.07) is 3.73. The number of Topliss-reactive ketones (excluding diaryl/α,β-unsaturated/α-hetero) is 1. The molecule has 28 heavy (non-hydrogen) atoms. The molecule has 3 atom stereocenters. The van der Waals surface area contributed by atoms with Gasteiger partial charge in [-0.2, -0.15) is 4.31 Å². The number of carbonyl (C=O) groups excluding carboxylic acids is 3. The van der Waals surface area contributed by atoms with Crippen LogP contribution in [-0.2, 0) is 30.2 Å². The molecule has 3 unspecified atom stereocenters. The molecule has 9 nitrogen and oxygen atoms in total. The second-order valence-corrected chi connectivity index (χ2v) is 9.38. The van der Waals surface area contributed by atoms with Crippen LogP contribution in [0.3, 0.4) is 0 Å². The van der Waals surface area contributed by atoms with Crippen LogP contribution < -0.4 is 5.73 Å². The van der Waals surface area contributed by atoms with Crippen LogP contribution >= 0.6 is 0 Å². The number of nitrogens with two attached hydrogens (primary N) is 1. The molecule has 0 saturated carbocycles. The summed E-state index contributed by atoms with van der Waals surface area (Å²) in [5.41, 5.74) is 5.57. The van der Waals surface area contributed by atoms with E-state index in [1.54, 1.807) is 25.1 Å². The van der Waals surface area contributed by atoms with Gasteiger partial charge in [0.15, 0.2) is 5.78 Å². The fraction of sp³-hybridized carbons (Fsp3) is 0.556. The molecule has 0 aliphatic carbocycles. The van der Waals surface area contributed by atoms with Crippen molar-refractivity contribution in [1.29, 1.82) is 0 Å². The maximum absolute atomic E-state index is 12.8. The normalized spacial score (nSPS) is 23.6. The van der Waals surface area contributed by atoms with Gasteiger partial charge in [-0.1, -0.05) is 13.0 Å². The minimum atomic E-state index is -3.74. The quantitative estimate of drug-likeness (QED) is 0.657. The summed E-state index contributed by atoms with van der Waals surface area (Å²) in [7, 11) is -3.74. The van der Waals surface area contributed by atoms with E-state index in [4.69, 9.17) is 5.73 Å². The molecule has 2 saturated heterocycles. The van der Waals surface area contributed by atoms with Crippen molar-refractivity contribution >= 4 is 27.6 Å². The number of hydrogen-bond acceptors (Lipinski definition) is 6. The van der Waals surface area contributed by atoms with Gasteiger partial charge in [-0.25, -0.2) is 8.42 Å². The Kier molecular flexibility index (Phi) is 5.80. The molecular formula is C18H24N4O5S. The highest BCUT2D eigenvalue weighted by atomic mass is 32.2. The van der Waals surface area contributed by atoms with Crippen LogP contribution in [0.1, 0.15) is 31.9 Å². The van der Waals surface area contributed by atoms with E-state index in [1.165, 1.54) is 15.4 Å². The highest BCUT2D eigenvalue weighted by Gasteiger charge is 2.53. The lowest BCUT2D eigenvalue weighted by Crippen LogP contribution is -2.44. The smallest absolute Gasteiger partial charge is 0.223 e. The minimum absolute atomic E-state index is 0.0895. The van der Waals surface area contributed by atoms with E-state index in [0.717, 1.165) is 0 Å². The number of carbonyl (C=O) groups is 3. The standard InChI is InChI=1S/C18H24N4O5S/c1-12(8-16(19)24)9-17(25)21-7-5-14-18(21)15(23)10-22(14)28(26,27)11-13-4-2-3-6-20-13/h2-4,6,12,14,18H,5,7-11H2,1H3,(H2,19,24). The maximum Gasteiger partial charge on any atom is 0.223 e. The molecule has 1 aromatic rings. The first-order valence-corrected chi connectivity index (χ1v) is 10.8. The van der Waals surface area contributed by atoms with Crippen LogP contribution in [0.2, 0.25) is 0 Å². The Morgan fingerprint density at radius 3 is 2.71 bits per heavy atom. The summed E-state index contributed by atoms with van der Waals surface area (Å²) in [4.78, 5) is 41.7. The number of likely N-dealkylation sites (tertiary alicyclic amines) is 1. The Hall–Kier alpha value is -2.33. The monoisotopic (exact) mass is 408 g/mol. The Bertz CT molecular complexity index is 873. The second-order valence-electron chi connectivity index (χ2n) is 7.46. The average molecular weight is 408 g/mol. The summed E-state index contributed by atoms with van der Waals surface area (Å²) in [6.07, 6.45) is 2.12. The van der Waals surface area contributed by atoms with Gasteiger partial charge < -0.3 is 10.6 Å². The first-order chi connectivity index (χ1) is 13.2. The van der Waals surface area contributed by atoms with E-state index in [1.807, 2.05) is 0 Å². The zero-order chi connectivity index (χ0) is 20.5. The van der Waals surface area contributed by atoms with E-state index in [2.05, 4.69) is 4.98 Å². The summed E-state index contributed by atoms with van der Waals surface area (Å²) in [5, 5.41) is 0. The van der Waals surface area contributed by atoms with Crippen molar-refractivity contribution in [3.8, 4) is 0 Å². The third-order valence-corrected chi connectivity index (χ3v) is 6.96. The molecule has 2 aliphatic rings. The van der Waals surface area contributed by atoms with Crippen molar-refractivity contribution in [1.82, 2.24) is 14.2 Å². The Morgan fingerprint density at radius 1 is 1.32 bits per heavy atom. The molecule has 3 heterocycles. The number of amides is 2. The number of nitrogens with zero attached hydrogens (tertiary/aromatic N) is 3. The van der Waals surface area contributed by atoms with E-state index in [0.29, 0.717) is 18.7 Å². The molecular weight excluding hydrogens is 384 g/mol. The van der Waals surface area contributed by atoms with Gasteiger partial charge in [0.05, 0.1) is 18.3 Å². The van der Waals surface area contributed by atoms with Crippen LogP contribution in [0.5, 0.6) is 0 Å². The van der Waals surface area contributed by atoms with Crippen molar-refractivity contribution in [3.63, 3.8) is 0 Å². The van der Waals surface area contributed by atoms with Crippen molar-refractivity contribution < 1.29 is 22.8 Å². The maximum atomic E-state index is 12.8. The Labute approximate surface area is 163 Å². The highest BCUT2D eigenvalue weighted by Crippen LogP contribution is 2.33. The Balaban J connectivity index is 1.71. The predicted molar refractivity (Wildman–Crippen MR) is 100 cm³/mol. The molecule has 10 heteroatoms. The number of rotatable bonds is 7. The van der Waals surface area contributed by atoms with Crippen molar-refractivity contribution in [2.45, 2.75) is 44.0 Å². The second kappa shape index (κ2) is 7.96. The SMILES string of the molecule is CC(CC(N)=O)CC(=O)N1CCC2C1C(=O)CN2S(=O)(=O)Cc1ccccn1. The van der Waals surface area contributed by atoms with Crippen LogP contribution in [0.25, 0.3) is 0 Å². The van der Waals surface area contributed by atoms with E-state index in [-0.39, 0.29) is 42.7 Å². The Morgan fingerprint density at radius 2 is 2.07 bits per heavy atom. The molecule has 0 bridgehead atoms. The minimum Gasteiger partial charge on any atom is -0.370 e. The lowest BCUT2D eigenvalue weighted by Gasteiger charge is -2.25. The van der Waals surface area contributed by atoms with Crippen LogP contribution in [0.4, 0.5) is 0 Å². The van der Waals surface area contributed by atoms with Gasteiger partial charge in [-0.05, 0) is 24.5 Å². The van der Waals surface area contributed by atoms with Crippen LogP contribution in [0.15, 0.2) is 24.4 Å². The zero-order valence-electron chi connectivity index (χ0n) is 15.7. The number of fused-ring (bicyclic) bond motifs is 1. The zero-order valence-corrected chi connectivity index (χ0v) is 16.5. The molecule has 1 aromatic heterocycles. The van der Waals surface area contributed by atoms with E-state index < -0.39 is 28.0 Å². The first-order valence-electron chi connectivity index (χ1n) is 9.19. The molecule has 152 valence electrons. The number of primary amides is 1. The molecule has 2 amide bonds. The van der Waals surface area contributed by atoms with Gasteiger partial charge in [0.25, 0.3) is 0 Å². The molecule has 0 radical (unpaired) electrons. The fourth-order valence-electron chi connectivity index (χ4n) is 4.00. The summed E-state index contributed by atoms with van der Waals surface area (Å²) in [5.74, 6) is -1.53. The van der Waals surface area contributed by atoms with Gasteiger partial charge in [0, 0.05) is 25.6 Å². The van der Waals surface area contributed by atoms with Crippen LogP contribution in [-0.4, -0.2) is 65.4 Å². The molecule has 3 rings (SSSR count). The van der Waals surface area contributed by atoms with Crippen molar-refractivity contribution in [3.05, 3.63) is 30.1 Å². The van der Waals surface area contributed by atoms with Gasteiger partial charge in [-0.3, -0.25) is 19.4 Å². The number of ketones is 1. The summed E-state index contributed by atoms with van der Waals surface area (Å²) < 4.78 is 26.9. The van der Waals surface area contributed by atoms with Gasteiger partial charge in [-0.15, -0.1) is 0 Å². The molecule has 0 aromatic carbocycles. The number of aromatic nitrogens is 1. The van der Waals surface area contributed by atoms with Crippen molar-refractivity contribution in [2.75, 3.05) is 13.1 Å². The van der Waals surface area contributed by atoms with E-state index in [9.17, 15) is 22.8 Å². The molecule has 2 aliphatic heterocycles. The summed E-state index contributed by atoms with van der Waals surface area (Å²) in [6.45, 7) is 1.83. The first kappa shape index (κ1) is 20.4. The van der Waals surface area contributed by atoms with Crippen LogP contribution in [0, 0.1) is 5.92 Å². The summed E-state index contributed by atoms with van der Waals surface area (Å²) >= 11 is 0. The lowest BCUT2D eigenvalue weighted by atomic mass is 10.0. The number of sulfonamides is 1. The van der Waals surface area contributed by atoms with Crippen molar-refractivity contribution in [2.24, 2.45) is 11.7 Å². The average Bonchev–Trinajstić information content (AvgIpc) is 3.16. The topological polar surface area (TPSA) is 131 Å². The molecule has 2 N–H and O–H groups in total.